The van der Waals surface area contributed by atoms with Gasteiger partial charge < -0.3 is 9.88 Å². The largest absolute Gasteiger partial charge is 0.346 e. The lowest BCUT2D eigenvalue weighted by Crippen LogP contribution is -2.26. The number of amides is 1. The number of carbonyl (C=O) groups is 1. The summed E-state index contributed by atoms with van der Waals surface area (Å²) in [4.78, 5) is 12.8. The summed E-state index contributed by atoms with van der Waals surface area (Å²) in [6.07, 6.45) is 3.48. The molecule has 0 aliphatic heterocycles. The molecule has 0 radical (unpaired) electrons. The molecule has 1 aromatic heterocycles. The monoisotopic (exact) mass is 362 g/mol. The minimum absolute atomic E-state index is 0.0190. The maximum Gasteiger partial charge on any atom is 0.251 e. The third-order valence-corrected chi connectivity index (χ3v) is 5.31. The quantitative estimate of drug-likeness (QED) is 0.566. The number of fused-ring (bicyclic) bond motifs is 1. The Morgan fingerprint density at radius 1 is 1.11 bits per heavy atom. The molecule has 1 atom stereocenters. The van der Waals surface area contributed by atoms with Gasteiger partial charge in [0.15, 0.2) is 0 Å². The number of unbranched alkanes of at least 4 members (excludes halogenated alkanes) is 1. The number of nitrogens with one attached hydrogen (secondary N) is 1. The number of aromatic nitrogens is 1. The van der Waals surface area contributed by atoms with Gasteiger partial charge >= 0.3 is 0 Å². The number of rotatable bonds is 7. The van der Waals surface area contributed by atoms with Crippen molar-refractivity contribution in [3.63, 3.8) is 0 Å². The summed E-state index contributed by atoms with van der Waals surface area (Å²) in [7, 11) is 0. The summed E-state index contributed by atoms with van der Waals surface area (Å²) in [5.41, 5.74) is 5.56. The fourth-order valence-electron chi connectivity index (χ4n) is 3.72. The number of nitrogens with zero attached hydrogens (tertiary/aromatic N) is 1. The average Bonchev–Trinajstić information content (AvgIpc) is 3.00. The molecule has 0 bridgehead atoms. The second-order valence-corrected chi connectivity index (χ2v) is 7.35. The van der Waals surface area contributed by atoms with E-state index in [1.54, 1.807) is 0 Å². The van der Waals surface area contributed by atoms with Gasteiger partial charge in [-0.25, -0.2) is 0 Å². The van der Waals surface area contributed by atoms with Gasteiger partial charge in [0.25, 0.3) is 5.91 Å². The van der Waals surface area contributed by atoms with E-state index in [1.165, 1.54) is 29.5 Å². The third-order valence-electron chi connectivity index (χ3n) is 5.31. The van der Waals surface area contributed by atoms with Crippen LogP contribution in [0.5, 0.6) is 0 Å². The molecule has 0 unspecified atom stereocenters. The third kappa shape index (κ3) is 4.24. The molecule has 27 heavy (non-hydrogen) atoms. The van der Waals surface area contributed by atoms with Gasteiger partial charge in [-0.1, -0.05) is 43.7 Å². The van der Waals surface area contributed by atoms with Crippen LogP contribution in [0.15, 0.2) is 48.5 Å². The molecule has 0 saturated carbocycles. The van der Waals surface area contributed by atoms with Crippen LogP contribution in [0.25, 0.3) is 10.9 Å². The molecule has 0 spiro atoms. The molecule has 142 valence electrons. The summed E-state index contributed by atoms with van der Waals surface area (Å²) in [6.45, 7) is 9.40. The second kappa shape index (κ2) is 8.43. The number of aryl methyl sites for hydroxylation is 3. The molecule has 0 aliphatic carbocycles. The van der Waals surface area contributed by atoms with Crippen molar-refractivity contribution in [3.8, 4) is 0 Å². The lowest BCUT2D eigenvalue weighted by molar-refractivity contribution is 0.0940. The number of hydrogen-bond acceptors (Lipinski definition) is 1. The molecule has 2 aromatic carbocycles. The van der Waals surface area contributed by atoms with Crippen molar-refractivity contribution in [3.05, 3.63) is 70.9 Å². The molecular weight excluding hydrogens is 332 g/mol. The Kier molecular flexibility index (Phi) is 6.00. The van der Waals surface area contributed by atoms with Crippen LogP contribution in [-0.4, -0.2) is 10.5 Å². The highest BCUT2D eigenvalue weighted by molar-refractivity contribution is 5.98. The van der Waals surface area contributed by atoms with Crippen LogP contribution >= 0.6 is 0 Å². The maximum atomic E-state index is 12.8. The smallest absolute Gasteiger partial charge is 0.251 e. The molecule has 3 heteroatoms. The molecule has 1 heterocycles. The summed E-state index contributed by atoms with van der Waals surface area (Å²) >= 11 is 0. The number of benzene rings is 2. The van der Waals surface area contributed by atoms with Gasteiger partial charge in [-0.15, -0.1) is 0 Å². The summed E-state index contributed by atoms with van der Waals surface area (Å²) in [5.74, 6) is -0.0233. The first-order chi connectivity index (χ1) is 13.0. The zero-order chi connectivity index (χ0) is 19.4. The molecule has 0 aliphatic rings. The first-order valence-corrected chi connectivity index (χ1v) is 10.0. The van der Waals surface area contributed by atoms with Crippen LogP contribution < -0.4 is 5.32 Å². The van der Waals surface area contributed by atoms with E-state index in [9.17, 15) is 4.79 Å². The van der Waals surface area contributed by atoms with Crippen molar-refractivity contribution in [2.24, 2.45) is 0 Å². The van der Waals surface area contributed by atoms with Crippen LogP contribution in [0.3, 0.4) is 0 Å². The minimum atomic E-state index is -0.0233. The summed E-state index contributed by atoms with van der Waals surface area (Å²) in [6, 6.07) is 16.7. The lowest BCUT2D eigenvalue weighted by atomic mass is 10.0. The van der Waals surface area contributed by atoms with Gasteiger partial charge in [-0.3, -0.25) is 4.79 Å². The Morgan fingerprint density at radius 3 is 2.67 bits per heavy atom. The van der Waals surface area contributed by atoms with E-state index < -0.39 is 0 Å². The normalized spacial score (nSPS) is 12.3. The fraction of sp³-hybridized carbons (Fsp3) is 0.375. The van der Waals surface area contributed by atoms with Crippen LogP contribution in [0.1, 0.15) is 66.8 Å². The molecule has 0 fully saturated rings. The predicted octanol–water partition coefficient (Wildman–Crippen LogP) is 5.80. The summed E-state index contributed by atoms with van der Waals surface area (Å²) < 4.78 is 2.24. The Hall–Kier alpha value is -2.55. The van der Waals surface area contributed by atoms with Crippen molar-refractivity contribution >= 4 is 16.8 Å². The SMILES string of the molecule is CCCCc1cccc([C@H](C)NC(=O)c2ccc3cc(C)n(CC)c3c2)c1. The highest BCUT2D eigenvalue weighted by Gasteiger charge is 2.14. The molecular formula is C24H30N2O. The zero-order valence-electron chi connectivity index (χ0n) is 16.9. The van der Waals surface area contributed by atoms with Gasteiger partial charge in [0.2, 0.25) is 0 Å². The molecule has 1 N–H and O–H groups in total. The topological polar surface area (TPSA) is 34.0 Å². The maximum absolute atomic E-state index is 12.8. The summed E-state index contributed by atoms with van der Waals surface area (Å²) in [5, 5.41) is 4.34. The van der Waals surface area contributed by atoms with Crippen molar-refractivity contribution in [2.75, 3.05) is 0 Å². The minimum Gasteiger partial charge on any atom is -0.346 e. The Labute approximate surface area is 162 Å². The van der Waals surface area contributed by atoms with Gasteiger partial charge in [-0.2, -0.15) is 0 Å². The van der Waals surface area contributed by atoms with Crippen LogP contribution in [0, 0.1) is 6.92 Å². The lowest BCUT2D eigenvalue weighted by Gasteiger charge is -2.16. The average molecular weight is 363 g/mol. The van der Waals surface area contributed by atoms with Crippen LogP contribution in [0.4, 0.5) is 0 Å². The molecule has 3 nitrogen and oxygen atoms in total. The predicted molar refractivity (Wildman–Crippen MR) is 113 cm³/mol. The van der Waals surface area contributed by atoms with Crippen LogP contribution in [-0.2, 0) is 13.0 Å². The molecule has 3 aromatic rings. The number of hydrogen-bond donors (Lipinski definition) is 1. The number of carbonyl (C=O) groups excluding carboxylic acids is 1. The Bertz CT molecular complexity index is 939. The van der Waals surface area contributed by atoms with E-state index in [0.717, 1.165) is 24.0 Å². The van der Waals surface area contributed by atoms with Crippen molar-refractivity contribution in [1.82, 2.24) is 9.88 Å². The van der Waals surface area contributed by atoms with E-state index in [2.05, 4.69) is 61.0 Å². The highest BCUT2D eigenvalue weighted by atomic mass is 16.1. The molecule has 3 rings (SSSR count). The van der Waals surface area contributed by atoms with Gasteiger partial charge in [0.1, 0.15) is 0 Å². The fourth-order valence-corrected chi connectivity index (χ4v) is 3.72. The zero-order valence-corrected chi connectivity index (χ0v) is 16.9. The van der Waals surface area contributed by atoms with Gasteiger partial charge in [0.05, 0.1) is 6.04 Å². The standard InChI is InChI=1S/C24H30N2O/c1-5-7-9-19-10-8-11-20(15-19)18(4)25-24(27)22-13-12-21-14-17(3)26(6-2)23(21)16-22/h8,10-16,18H,5-7,9H2,1-4H3,(H,25,27)/t18-/m0/s1. The Morgan fingerprint density at radius 2 is 1.93 bits per heavy atom. The van der Waals surface area contributed by atoms with Crippen molar-refractivity contribution in [2.45, 2.75) is 59.5 Å². The van der Waals surface area contributed by atoms with Gasteiger partial charge in [0, 0.05) is 23.3 Å². The Balaban J connectivity index is 1.77. The first-order valence-electron chi connectivity index (χ1n) is 10.0. The second-order valence-electron chi connectivity index (χ2n) is 7.35. The first kappa shape index (κ1) is 19.2. The molecule has 1 amide bonds. The van der Waals surface area contributed by atoms with Gasteiger partial charge in [-0.05, 0) is 68.3 Å². The van der Waals surface area contributed by atoms with E-state index in [1.807, 2.05) is 25.1 Å². The van der Waals surface area contributed by atoms with E-state index >= 15 is 0 Å². The van der Waals surface area contributed by atoms with E-state index in [-0.39, 0.29) is 11.9 Å². The molecule has 0 saturated heterocycles. The van der Waals surface area contributed by atoms with Crippen molar-refractivity contribution in [1.29, 1.82) is 0 Å². The highest BCUT2D eigenvalue weighted by Crippen LogP contribution is 2.22. The van der Waals surface area contributed by atoms with Crippen molar-refractivity contribution < 1.29 is 4.79 Å². The van der Waals surface area contributed by atoms with Crippen LogP contribution in [0.2, 0.25) is 0 Å². The van der Waals surface area contributed by atoms with E-state index in [0.29, 0.717) is 5.56 Å². The van der Waals surface area contributed by atoms with E-state index in [4.69, 9.17) is 0 Å².